The van der Waals surface area contributed by atoms with Gasteiger partial charge in [0.2, 0.25) is 0 Å². The third-order valence-electron chi connectivity index (χ3n) is 4.57. The molecule has 0 amide bonds. The van der Waals surface area contributed by atoms with Crippen LogP contribution < -0.4 is 0 Å². The van der Waals surface area contributed by atoms with Crippen molar-refractivity contribution in [3.05, 3.63) is 57.8 Å². The molecule has 1 nitrogen and oxygen atoms in total. The van der Waals surface area contributed by atoms with E-state index in [2.05, 4.69) is 53.6 Å². The van der Waals surface area contributed by atoms with Gasteiger partial charge in [-0.2, -0.15) is 0 Å². The molecule has 0 saturated carbocycles. The summed E-state index contributed by atoms with van der Waals surface area (Å²) in [7, 11) is 0. The summed E-state index contributed by atoms with van der Waals surface area (Å²) < 4.78 is 0. The Labute approximate surface area is 132 Å². The zero-order valence-corrected chi connectivity index (χ0v) is 13.7. The second kappa shape index (κ2) is 7.24. The summed E-state index contributed by atoms with van der Waals surface area (Å²) in [6.07, 6.45) is 6.26. The molecule has 2 aromatic rings. The topological polar surface area (TPSA) is 3.24 Å². The fourth-order valence-corrected chi connectivity index (χ4v) is 4.16. The molecular weight excluding hydrogens is 274 g/mol. The highest BCUT2D eigenvalue weighted by Crippen LogP contribution is 2.25. The number of thiophene rings is 1. The molecule has 1 aromatic heterocycles. The van der Waals surface area contributed by atoms with Gasteiger partial charge in [-0.3, -0.25) is 4.90 Å². The van der Waals surface area contributed by atoms with E-state index in [4.69, 9.17) is 0 Å². The first-order valence-corrected chi connectivity index (χ1v) is 9.08. The second-order valence-electron chi connectivity index (χ2n) is 6.03. The van der Waals surface area contributed by atoms with Crippen LogP contribution in [0.15, 0.2) is 41.8 Å². The van der Waals surface area contributed by atoms with Crippen molar-refractivity contribution in [1.82, 2.24) is 4.90 Å². The molecule has 0 fully saturated rings. The molecule has 0 aliphatic heterocycles. The molecule has 1 heterocycles. The van der Waals surface area contributed by atoms with Crippen molar-refractivity contribution in [2.45, 2.75) is 45.1 Å². The summed E-state index contributed by atoms with van der Waals surface area (Å²) >= 11 is 1.89. The zero-order chi connectivity index (χ0) is 14.5. The predicted molar refractivity (Wildman–Crippen MR) is 92.1 cm³/mol. The van der Waals surface area contributed by atoms with E-state index in [1.54, 1.807) is 11.1 Å². The molecular formula is C19H25NS. The lowest BCUT2D eigenvalue weighted by molar-refractivity contribution is 0.182. The minimum absolute atomic E-state index is 0.736. The van der Waals surface area contributed by atoms with E-state index >= 15 is 0 Å². The van der Waals surface area contributed by atoms with Gasteiger partial charge in [0.15, 0.2) is 0 Å². The van der Waals surface area contributed by atoms with Crippen LogP contribution in [-0.4, -0.2) is 24.0 Å². The monoisotopic (exact) mass is 299 g/mol. The molecule has 0 saturated heterocycles. The van der Waals surface area contributed by atoms with Crippen LogP contribution in [-0.2, 0) is 19.3 Å². The second-order valence-corrected chi connectivity index (χ2v) is 7.06. The van der Waals surface area contributed by atoms with Gasteiger partial charge in [-0.25, -0.2) is 0 Å². The summed E-state index contributed by atoms with van der Waals surface area (Å²) in [6, 6.07) is 14.2. The quantitative estimate of drug-likeness (QED) is 0.756. The normalized spacial score (nSPS) is 17.9. The maximum atomic E-state index is 2.73. The molecule has 1 atom stereocenters. The Morgan fingerprint density at radius 1 is 1.10 bits per heavy atom. The van der Waals surface area contributed by atoms with Crippen LogP contribution >= 0.6 is 11.3 Å². The van der Waals surface area contributed by atoms with E-state index in [0.717, 1.165) is 6.04 Å². The van der Waals surface area contributed by atoms with Crippen molar-refractivity contribution in [3.63, 3.8) is 0 Å². The summed E-state index contributed by atoms with van der Waals surface area (Å²) in [5.41, 5.74) is 3.15. The zero-order valence-electron chi connectivity index (χ0n) is 12.9. The Balaban J connectivity index is 1.64. The van der Waals surface area contributed by atoms with Gasteiger partial charge in [0.1, 0.15) is 0 Å². The molecule has 2 heteroatoms. The Kier molecular flexibility index (Phi) is 5.10. The first kappa shape index (κ1) is 14.8. The maximum Gasteiger partial charge on any atom is 0.0139 e. The highest BCUT2D eigenvalue weighted by atomic mass is 32.1. The third kappa shape index (κ3) is 3.75. The molecule has 3 rings (SSSR count). The van der Waals surface area contributed by atoms with Crippen molar-refractivity contribution in [2.75, 3.05) is 13.1 Å². The smallest absolute Gasteiger partial charge is 0.0139 e. The lowest BCUT2D eigenvalue weighted by Crippen LogP contribution is -2.41. The number of fused-ring (bicyclic) bond motifs is 1. The van der Waals surface area contributed by atoms with Crippen LogP contribution in [0, 0.1) is 0 Å². The van der Waals surface area contributed by atoms with Crippen LogP contribution in [0.5, 0.6) is 0 Å². The maximum absolute atomic E-state index is 2.73. The van der Waals surface area contributed by atoms with E-state index in [0.29, 0.717) is 0 Å². The highest BCUT2D eigenvalue weighted by Gasteiger charge is 2.23. The number of nitrogens with zero attached hydrogens (tertiary/aromatic N) is 1. The van der Waals surface area contributed by atoms with Crippen LogP contribution in [0.25, 0.3) is 0 Å². The standard InChI is InChI=1S/C19H25NS/c1-2-12-20(13-11-19-8-5-14-21-19)18-10-9-16-6-3-4-7-17(16)15-18/h3-8,14,18H,2,9-13,15H2,1H3/t18-/m1/s1. The average molecular weight is 299 g/mol. The molecule has 0 spiro atoms. The molecule has 21 heavy (non-hydrogen) atoms. The van der Waals surface area contributed by atoms with Crippen LogP contribution in [0.4, 0.5) is 0 Å². The van der Waals surface area contributed by atoms with Gasteiger partial charge in [0.25, 0.3) is 0 Å². The number of hydrogen-bond acceptors (Lipinski definition) is 2. The SMILES string of the molecule is CCCN(CCc1cccs1)[C@@H]1CCc2ccccc2C1. The largest absolute Gasteiger partial charge is 0.300 e. The van der Waals surface area contributed by atoms with E-state index in [9.17, 15) is 0 Å². The van der Waals surface area contributed by atoms with Gasteiger partial charge in [0.05, 0.1) is 0 Å². The van der Waals surface area contributed by atoms with Gasteiger partial charge in [-0.1, -0.05) is 37.3 Å². The minimum atomic E-state index is 0.736. The van der Waals surface area contributed by atoms with Crippen molar-refractivity contribution < 1.29 is 0 Å². The number of rotatable bonds is 6. The lowest BCUT2D eigenvalue weighted by Gasteiger charge is -2.35. The van der Waals surface area contributed by atoms with Gasteiger partial charge >= 0.3 is 0 Å². The Morgan fingerprint density at radius 2 is 1.95 bits per heavy atom. The van der Waals surface area contributed by atoms with Gasteiger partial charge in [-0.15, -0.1) is 11.3 Å². The molecule has 1 aliphatic carbocycles. The van der Waals surface area contributed by atoms with Crippen molar-refractivity contribution in [2.24, 2.45) is 0 Å². The number of hydrogen-bond donors (Lipinski definition) is 0. The summed E-state index contributed by atoms with van der Waals surface area (Å²) in [5, 5.41) is 2.19. The first-order chi connectivity index (χ1) is 10.4. The fraction of sp³-hybridized carbons (Fsp3) is 0.474. The fourth-order valence-electron chi connectivity index (χ4n) is 3.46. The van der Waals surface area contributed by atoms with Crippen LogP contribution in [0.3, 0.4) is 0 Å². The molecule has 0 unspecified atom stereocenters. The van der Waals surface area contributed by atoms with E-state index in [-0.39, 0.29) is 0 Å². The Morgan fingerprint density at radius 3 is 2.71 bits per heavy atom. The molecule has 0 radical (unpaired) electrons. The summed E-state index contributed by atoms with van der Waals surface area (Å²) in [6.45, 7) is 4.74. The Hall–Kier alpha value is -1.12. The van der Waals surface area contributed by atoms with E-state index < -0.39 is 0 Å². The van der Waals surface area contributed by atoms with Gasteiger partial charge in [-0.05, 0) is 61.2 Å². The van der Waals surface area contributed by atoms with Crippen molar-refractivity contribution in [1.29, 1.82) is 0 Å². The first-order valence-electron chi connectivity index (χ1n) is 8.20. The third-order valence-corrected chi connectivity index (χ3v) is 5.51. The minimum Gasteiger partial charge on any atom is -0.300 e. The van der Waals surface area contributed by atoms with Gasteiger partial charge < -0.3 is 0 Å². The molecule has 0 N–H and O–H groups in total. The lowest BCUT2D eigenvalue weighted by atomic mass is 9.87. The van der Waals surface area contributed by atoms with Crippen LogP contribution in [0.1, 0.15) is 35.8 Å². The van der Waals surface area contributed by atoms with Gasteiger partial charge in [0, 0.05) is 17.5 Å². The number of aryl methyl sites for hydroxylation is 1. The summed E-state index contributed by atoms with van der Waals surface area (Å²) in [5.74, 6) is 0. The summed E-state index contributed by atoms with van der Waals surface area (Å²) in [4.78, 5) is 4.25. The van der Waals surface area contributed by atoms with E-state index in [1.165, 1.54) is 50.1 Å². The molecule has 112 valence electrons. The molecule has 1 aromatic carbocycles. The van der Waals surface area contributed by atoms with Crippen molar-refractivity contribution in [3.8, 4) is 0 Å². The molecule has 0 bridgehead atoms. The average Bonchev–Trinajstić information content (AvgIpc) is 3.04. The Bertz CT molecular complexity index is 546. The van der Waals surface area contributed by atoms with E-state index in [1.807, 2.05) is 11.3 Å². The highest BCUT2D eigenvalue weighted by molar-refractivity contribution is 7.09. The number of benzene rings is 1. The van der Waals surface area contributed by atoms with Crippen molar-refractivity contribution >= 4 is 11.3 Å². The molecule has 1 aliphatic rings. The predicted octanol–water partition coefficient (Wildman–Crippen LogP) is 4.56. The van der Waals surface area contributed by atoms with Crippen LogP contribution in [0.2, 0.25) is 0 Å².